The van der Waals surface area contributed by atoms with Gasteiger partial charge in [0.15, 0.2) is 5.78 Å². The fourth-order valence-corrected chi connectivity index (χ4v) is 8.08. The van der Waals surface area contributed by atoms with Crippen molar-refractivity contribution in [2.24, 2.45) is 33.5 Å². The van der Waals surface area contributed by atoms with Crippen LogP contribution in [0.15, 0.2) is 23.3 Å². The lowest BCUT2D eigenvalue weighted by atomic mass is 9.42. The molecule has 33 heavy (non-hydrogen) atoms. The quantitative estimate of drug-likeness (QED) is 0.618. The van der Waals surface area contributed by atoms with Crippen LogP contribution in [0.25, 0.3) is 0 Å². The molecule has 180 valence electrons. The minimum atomic E-state index is -1.02. The Hall–Kier alpha value is -2.08. The Kier molecular flexibility index (Phi) is 5.25. The normalized spacial score (nSPS) is 42.0. The third kappa shape index (κ3) is 2.95. The van der Waals surface area contributed by atoms with Gasteiger partial charge in [0.25, 0.3) is 0 Å². The summed E-state index contributed by atoms with van der Waals surface area (Å²) in [5.41, 5.74) is -1.17. The van der Waals surface area contributed by atoms with Crippen molar-refractivity contribution < 1.29 is 29.4 Å². The molecule has 6 atom stereocenters. The molecule has 4 aliphatic rings. The zero-order valence-corrected chi connectivity index (χ0v) is 20.4. The fourth-order valence-electron chi connectivity index (χ4n) is 8.08. The van der Waals surface area contributed by atoms with Gasteiger partial charge in [-0.25, -0.2) is 0 Å². The summed E-state index contributed by atoms with van der Waals surface area (Å²) < 4.78 is 0. The zero-order valence-electron chi connectivity index (χ0n) is 20.4. The van der Waals surface area contributed by atoms with E-state index < -0.39 is 33.7 Å². The van der Waals surface area contributed by atoms with Crippen LogP contribution in [0.4, 0.5) is 0 Å². The van der Waals surface area contributed by atoms with E-state index in [9.17, 15) is 24.3 Å². The van der Waals surface area contributed by atoms with Crippen molar-refractivity contribution in [1.82, 2.24) is 0 Å². The molecule has 0 heterocycles. The Labute approximate surface area is 195 Å². The number of Topliss-reactive ketones (excluding diaryl/α,β-unsaturated/α-hetero) is 3. The number of aliphatic hydroxyl groups excluding tert-OH is 1. The van der Waals surface area contributed by atoms with E-state index in [-0.39, 0.29) is 54.9 Å². The highest BCUT2D eigenvalue weighted by Crippen LogP contribution is 2.70. The smallest absolute Gasteiger partial charge is 0.303 e. The highest BCUT2D eigenvalue weighted by atomic mass is 16.4. The minimum Gasteiger partial charge on any atom is -0.481 e. The predicted octanol–water partition coefficient (Wildman–Crippen LogP) is 4.05. The third-order valence-corrected chi connectivity index (χ3v) is 10.2. The van der Waals surface area contributed by atoms with Gasteiger partial charge in [-0.2, -0.15) is 0 Å². The molecule has 4 aliphatic carbocycles. The second kappa shape index (κ2) is 7.21. The molecule has 0 saturated heterocycles. The molecule has 2 saturated carbocycles. The van der Waals surface area contributed by atoms with E-state index in [1.807, 2.05) is 34.6 Å². The summed E-state index contributed by atoms with van der Waals surface area (Å²) in [6.07, 6.45) is 0.878. The monoisotopic (exact) mass is 456 g/mol. The average molecular weight is 457 g/mol. The number of allylic oxidation sites excluding steroid dienone is 2. The standard InChI is InChI=1S/C27H36O6/c1-14(7-8-21(32)33)15-11-20(31)27(6)23-16(28)12-18-24(2,3)19(30)9-10-25(18,4)22(23)17(29)13-26(15,27)5/h15-16,18,28H,1,7-13H2,2-6H3,(H,32,33)/t15-,16+,18?,25+,26-,27+/m1/s1. The lowest BCUT2D eigenvalue weighted by Gasteiger charge is -2.60. The first-order chi connectivity index (χ1) is 15.1. The Morgan fingerprint density at radius 3 is 2.30 bits per heavy atom. The molecule has 6 heteroatoms. The van der Waals surface area contributed by atoms with Gasteiger partial charge in [0, 0.05) is 42.1 Å². The van der Waals surface area contributed by atoms with Gasteiger partial charge in [-0.1, -0.05) is 39.8 Å². The van der Waals surface area contributed by atoms with Gasteiger partial charge in [-0.3, -0.25) is 19.2 Å². The summed E-state index contributed by atoms with van der Waals surface area (Å²) in [4.78, 5) is 51.4. The lowest BCUT2D eigenvalue weighted by Crippen LogP contribution is -2.59. The van der Waals surface area contributed by atoms with Crippen LogP contribution in [0.1, 0.15) is 79.6 Å². The van der Waals surface area contributed by atoms with Crippen LogP contribution in [-0.4, -0.2) is 39.6 Å². The maximum Gasteiger partial charge on any atom is 0.303 e. The molecular formula is C27H36O6. The number of hydrogen-bond acceptors (Lipinski definition) is 5. The first kappa shape index (κ1) is 24.1. The van der Waals surface area contributed by atoms with E-state index in [2.05, 4.69) is 6.58 Å². The van der Waals surface area contributed by atoms with Crippen molar-refractivity contribution in [3.8, 4) is 0 Å². The molecule has 0 aromatic carbocycles. The molecular weight excluding hydrogens is 420 g/mol. The molecule has 0 aromatic heterocycles. The van der Waals surface area contributed by atoms with Crippen molar-refractivity contribution in [2.75, 3.05) is 0 Å². The Morgan fingerprint density at radius 1 is 1.06 bits per heavy atom. The van der Waals surface area contributed by atoms with Gasteiger partial charge in [0.1, 0.15) is 11.6 Å². The van der Waals surface area contributed by atoms with Crippen LogP contribution in [-0.2, 0) is 19.2 Å². The van der Waals surface area contributed by atoms with Gasteiger partial charge in [-0.05, 0) is 49.0 Å². The van der Waals surface area contributed by atoms with E-state index in [1.165, 1.54) is 0 Å². The van der Waals surface area contributed by atoms with Gasteiger partial charge in [0.05, 0.1) is 11.5 Å². The van der Waals surface area contributed by atoms with E-state index in [1.54, 1.807) is 0 Å². The SMILES string of the molecule is C=C(CCC(=O)O)[C@H]1CC(=O)[C@@]2(C)C3=C(C(=O)C[C@]12C)[C@@]1(C)CCC(=O)C(C)(C)C1C[C@@H]3O. The maximum absolute atomic E-state index is 13.9. The van der Waals surface area contributed by atoms with Crippen LogP contribution >= 0.6 is 0 Å². The number of carboxylic acid groups (broad SMARTS) is 1. The zero-order chi connectivity index (χ0) is 24.7. The van der Waals surface area contributed by atoms with Crippen LogP contribution in [0.2, 0.25) is 0 Å². The molecule has 1 unspecified atom stereocenters. The van der Waals surface area contributed by atoms with Crippen LogP contribution < -0.4 is 0 Å². The van der Waals surface area contributed by atoms with Gasteiger partial charge in [0.2, 0.25) is 0 Å². The van der Waals surface area contributed by atoms with Gasteiger partial charge < -0.3 is 10.2 Å². The van der Waals surface area contributed by atoms with Gasteiger partial charge >= 0.3 is 5.97 Å². The molecule has 2 N–H and O–H groups in total. The first-order valence-corrected chi connectivity index (χ1v) is 12.0. The first-order valence-electron chi connectivity index (χ1n) is 12.0. The van der Waals surface area contributed by atoms with E-state index in [4.69, 9.17) is 5.11 Å². The number of ketones is 3. The molecule has 6 nitrogen and oxygen atoms in total. The van der Waals surface area contributed by atoms with Crippen molar-refractivity contribution in [1.29, 1.82) is 0 Å². The van der Waals surface area contributed by atoms with Gasteiger partial charge in [-0.15, -0.1) is 0 Å². The van der Waals surface area contributed by atoms with Crippen molar-refractivity contribution in [3.63, 3.8) is 0 Å². The summed E-state index contributed by atoms with van der Waals surface area (Å²) in [6.45, 7) is 13.8. The summed E-state index contributed by atoms with van der Waals surface area (Å²) in [7, 11) is 0. The highest BCUT2D eigenvalue weighted by Gasteiger charge is 2.70. The lowest BCUT2D eigenvalue weighted by molar-refractivity contribution is -0.146. The maximum atomic E-state index is 13.9. The third-order valence-electron chi connectivity index (χ3n) is 10.2. The van der Waals surface area contributed by atoms with Crippen molar-refractivity contribution >= 4 is 23.3 Å². The number of carbonyl (C=O) groups excluding carboxylic acids is 3. The van der Waals surface area contributed by atoms with Crippen LogP contribution in [0.5, 0.6) is 0 Å². The molecule has 0 aromatic rings. The molecule has 0 bridgehead atoms. The van der Waals surface area contributed by atoms with Crippen molar-refractivity contribution in [2.45, 2.75) is 85.7 Å². The average Bonchev–Trinajstić information content (AvgIpc) is 2.92. The molecule has 2 fully saturated rings. The number of rotatable bonds is 4. The van der Waals surface area contributed by atoms with Crippen LogP contribution in [0.3, 0.4) is 0 Å². The summed E-state index contributed by atoms with van der Waals surface area (Å²) in [6, 6.07) is 0. The summed E-state index contributed by atoms with van der Waals surface area (Å²) >= 11 is 0. The predicted molar refractivity (Wildman–Crippen MR) is 122 cm³/mol. The Balaban J connectivity index is 1.86. The summed E-state index contributed by atoms with van der Waals surface area (Å²) in [5.74, 6) is -1.31. The number of hydrogen-bond donors (Lipinski definition) is 2. The topological polar surface area (TPSA) is 109 Å². The van der Waals surface area contributed by atoms with E-state index >= 15 is 0 Å². The van der Waals surface area contributed by atoms with Crippen molar-refractivity contribution in [3.05, 3.63) is 23.3 Å². The molecule has 4 rings (SSSR count). The number of aliphatic hydroxyl groups is 1. The number of carbonyl (C=O) groups is 4. The number of aliphatic carboxylic acids is 1. The Morgan fingerprint density at radius 2 is 1.70 bits per heavy atom. The Bertz CT molecular complexity index is 1020. The molecule has 0 radical (unpaired) electrons. The second-order valence-electron chi connectivity index (χ2n) is 12.0. The number of carboxylic acids is 1. The second-order valence-corrected chi connectivity index (χ2v) is 12.0. The molecule has 0 spiro atoms. The van der Waals surface area contributed by atoms with E-state index in [0.717, 1.165) is 0 Å². The molecule has 0 amide bonds. The summed E-state index contributed by atoms with van der Waals surface area (Å²) in [5, 5.41) is 20.6. The number of fused-ring (bicyclic) bond motifs is 4. The molecule has 0 aliphatic heterocycles. The van der Waals surface area contributed by atoms with Crippen LogP contribution in [0, 0.1) is 33.5 Å². The highest BCUT2D eigenvalue weighted by molar-refractivity contribution is 6.05. The fraction of sp³-hybridized carbons (Fsp3) is 0.704. The van der Waals surface area contributed by atoms with E-state index in [0.29, 0.717) is 36.0 Å². The minimum absolute atomic E-state index is 0.0151. The largest absolute Gasteiger partial charge is 0.481 e.